The van der Waals surface area contributed by atoms with E-state index in [1.165, 1.54) is 18.2 Å². The highest BCUT2D eigenvalue weighted by Gasteiger charge is 2.13. The van der Waals surface area contributed by atoms with Crippen LogP contribution in [0.2, 0.25) is 5.02 Å². The first-order chi connectivity index (χ1) is 11.5. The van der Waals surface area contributed by atoms with Gasteiger partial charge in [0.2, 0.25) is 5.91 Å². The monoisotopic (exact) mass is 349 g/mol. The number of benzene rings is 2. The van der Waals surface area contributed by atoms with Gasteiger partial charge in [0, 0.05) is 11.6 Å². The van der Waals surface area contributed by atoms with Crippen LogP contribution < -0.4 is 15.2 Å². The molecular formula is C18H17ClFNO3. The number of carbonyl (C=O) groups is 1. The fourth-order valence-electron chi connectivity index (χ4n) is 2.03. The van der Waals surface area contributed by atoms with E-state index in [1.54, 1.807) is 30.3 Å². The summed E-state index contributed by atoms with van der Waals surface area (Å²) in [7, 11) is 0. The molecule has 2 rings (SSSR count). The molecular weight excluding hydrogens is 333 g/mol. The third kappa shape index (κ3) is 4.73. The molecule has 0 fully saturated rings. The number of primary amides is 1. The average molecular weight is 350 g/mol. The fraction of sp³-hybridized carbons (Fsp3) is 0.167. The molecule has 0 aliphatic rings. The van der Waals surface area contributed by atoms with Gasteiger partial charge >= 0.3 is 0 Å². The molecule has 0 heterocycles. The van der Waals surface area contributed by atoms with E-state index in [-0.39, 0.29) is 12.4 Å². The van der Waals surface area contributed by atoms with Crippen LogP contribution in [0, 0.1) is 5.82 Å². The summed E-state index contributed by atoms with van der Waals surface area (Å²) in [6, 6.07) is 9.61. The second kappa shape index (κ2) is 8.36. The Kier molecular flexibility index (Phi) is 6.21. The number of rotatable bonds is 7. The lowest BCUT2D eigenvalue weighted by Crippen LogP contribution is -2.05. The molecule has 24 heavy (non-hydrogen) atoms. The molecule has 0 radical (unpaired) electrons. The number of ether oxygens (including phenoxy) is 2. The number of halogens is 2. The van der Waals surface area contributed by atoms with Gasteiger partial charge in [0.25, 0.3) is 0 Å². The lowest BCUT2D eigenvalue weighted by molar-refractivity contribution is -0.113. The average Bonchev–Trinajstić information content (AvgIpc) is 2.54. The smallest absolute Gasteiger partial charge is 0.241 e. The quantitative estimate of drug-likeness (QED) is 0.770. The second-order valence-corrected chi connectivity index (χ2v) is 5.29. The topological polar surface area (TPSA) is 61.5 Å². The molecule has 0 unspecified atom stereocenters. The maximum absolute atomic E-state index is 13.7. The maximum Gasteiger partial charge on any atom is 0.241 e. The van der Waals surface area contributed by atoms with Crippen molar-refractivity contribution < 1.29 is 18.7 Å². The van der Waals surface area contributed by atoms with E-state index in [0.717, 1.165) is 0 Å². The standard InChI is InChI=1S/C18H17ClFNO3/c1-2-23-16-10-12(7-8-17(21)22)9-14(19)18(16)24-11-13-5-3-4-6-15(13)20/h3-10H,2,11H2,1H3,(H2,21,22)/b8-7+. The Morgan fingerprint density at radius 3 is 2.71 bits per heavy atom. The first-order valence-electron chi connectivity index (χ1n) is 7.31. The van der Waals surface area contributed by atoms with Gasteiger partial charge in [0.1, 0.15) is 12.4 Å². The van der Waals surface area contributed by atoms with Crippen molar-refractivity contribution in [3.8, 4) is 11.5 Å². The van der Waals surface area contributed by atoms with Crippen LogP contribution in [0.5, 0.6) is 11.5 Å². The molecule has 126 valence electrons. The van der Waals surface area contributed by atoms with E-state index >= 15 is 0 Å². The van der Waals surface area contributed by atoms with E-state index in [9.17, 15) is 9.18 Å². The predicted octanol–water partition coefficient (Wildman–Crippen LogP) is 3.96. The minimum absolute atomic E-state index is 0.0168. The summed E-state index contributed by atoms with van der Waals surface area (Å²) in [4.78, 5) is 10.8. The third-order valence-corrected chi connectivity index (χ3v) is 3.38. The Bertz CT molecular complexity index is 762. The lowest BCUT2D eigenvalue weighted by Gasteiger charge is -2.15. The van der Waals surface area contributed by atoms with Crippen LogP contribution in [0.25, 0.3) is 6.08 Å². The van der Waals surface area contributed by atoms with Crippen molar-refractivity contribution in [3.63, 3.8) is 0 Å². The Morgan fingerprint density at radius 1 is 1.29 bits per heavy atom. The van der Waals surface area contributed by atoms with Crippen molar-refractivity contribution in [1.29, 1.82) is 0 Å². The van der Waals surface area contributed by atoms with Gasteiger partial charge in [-0.2, -0.15) is 0 Å². The van der Waals surface area contributed by atoms with Gasteiger partial charge in [0.15, 0.2) is 11.5 Å². The number of nitrogens with two attached hydrogens (primary N) is 1. The molecule has 0 aromatic heterocycles. The van der Waals surface area contributed by atoms with Crippen molar-refractivity contribution in [2.24, 2.45) is 5.73 Å². The van der Waals surface area contributed by atoms with Crippen LogP contribution in [-0.4, -0.2) is 12.5 Å². The first-order valence-corrected chi connectivity index (χ1v) is 7.69. The van der Waals surface area contributed by atoms with Crippen molar-refractivity contribution in [3.05, 3.63) is 64.4 Å². The Hall–Kier alpha value is -2.53. The number of hydrogen-bond acceptors (Lipinski definition) is 3. The highest BCUT2D eigenvalue weighted by atomic mass is 35.5. The highest BCUT2D eigenvalue weighted by molar-refractivity contribution is 6.32. The molecule has 2 aromatic carbocycles. The van der Waals surface area contributed by atoms with Crippen LogP contribution in [0.1, 0.15) is 18.1 Å². The third-order valence-electron chi connectivity index (χ3n) is 3.10. The lowest BCUT2D eigenvalue weighted by atomic mass is 10.1. The van der Waals surface area contributed by atoms with Crippen LogP contribution >= 0.6 is 11.6 Å². The highest BCUT2D eigenvalue weighted by Crippen LogP contribution is 2.37. The molecule has 0 saturated carbocycles. The summed E-state index contributed by atoms with van der Waals surface area (Å²) < 4.78 is 24.9. The van der Waals surface area contributed by atoms with Crippen molar-refractivity contribution in [2.75, 3.05) is 6.61 Å². The van der Waals surface area contributed by atoms with E-state index in [2.05, 4.69) is 0 Å². The molecule has 0 saturated heterocycles. The van der Waals surface area contributed by atoms with Gasteiger partial charge in [0.05, 0.1) is 11.6 Å². The SMILES string of the molecule is CCOc1cc(/C=C/C(N)=O)cc(Cl)c1OCc1ccccc1F. The predicted molar refractivity (Wildman–Crippen MR) is 91.6 cm³/mol. The maximum atomic E-state index is 13.7. The van der Waals surface area contributed by atoms with E-state index in [4.69, 9.17) is 26.8 Å². The minimum atomic E-state index is -0.566. The number of carbonyl (C=O) groups excluding carboxylic acids is 1. The molecule has 0 bridgehead atoms. The van der Waals surface area contributed by atoms with Crippen LogP contribution in [0.15, 0.2) is 42.5 Å². The zero-order valence-electron chi connectivity index (χ0n) is 13.1. The zero-order chi connectivity index (χ0) is 17.5. The van der Waals surface area contributed by atoms with Gasteiger partial charge in [-0.3, -0.25) is 4.79 Å². The molecule has 4 nitrogen and oxygen atoms in total. The summed E-state index contributed by atoms with van der Waals surface area (Å²) >= 11 is 6.24. The summed E-state index contributed by atoms with van der Waals surface area (Å²) in [5.41, 5.74) is 6.13. The summed E-state index contributed by atoms with van der Waals surface area (Å²) in [5, 5.41) is 0.293. The Labute approximate surface area is 144 Å². The molecule has 1 amide bonds. The van der Waals surface area contributed by atoms with Gasteiger partial charge in [-0.15, -0.1) is 0 Å². The summed E-state index contributed by atoms with van der Waals surface area (Å²) in [5.74, 6) is -0.194. The van der Waals surface area contributed by atoms with Crippen molar-refractivity contribution >= 4 is 23.6 Å². The molecule has 0 atom stereocenters. The molecule has 2 N–H and O–H groups in total. The molecule has 0 aliphatic carbocycles. The number of amides is 1. The van der Waals surface area contributed by atoms with Crippen molar-refractivity contribution in [2.45, 2.75) is 13.5 Å². The number of hydrogen-bond donors (Lipinski definition) is 1. The van der Waals surface area contributed by atoms with Gasteiger partial charge in [-0.05, 0) is 36.8 Å². The molecule has 2 aromatic rings. The fourth-order valence-corrected chi connectivity index (χ4v) is 2.30. The van der Waals surface area contributed by atoms with E-state index < -0.39 is 5.91 Å². The first kappa shape index (κ1) is 17.8. The largest absolute Gasteiger partial charge is 0.490 e. The van der Waals surface area contributed by atoms with Crippen LogP contribution in [0.4, 0.5) is 4.39 Å². The van der Waals surface area contributed by atoms with Gasteiger partial charge in [-0.25, -0.2) is 4.39 Å². The second-order valence-electron chi connectivity index (χ2n) is 4.88. The molecule has 6 heteroatoms. The van der Waals surface area contributed by atoms with E-state index in [1.807, 2.05) is 6.92 Å². The normalized spacial score (nSPS) is 10.8. The van der Waals surface area contributed by atoms with Crippen LogP contribution in [0.3, 0.4) is 0 Å². The molecule has 0 aliphatic heterocycles. The van der Waals surface area contributed by atoms with Crippen LogP contribution in [-0.2, 0) is 11.4 Å². The van der Waals surface area contributed by atoms with Gasteiger partial charge in [-0.1, -0.05) is 29.8 Å². The minimum Gasteiger partial charge on any atom is -0.490 e. The summed E-state index contributed by atoms with van der Waals surface area (Å²) in [6.45, 7) is 2.23. The van der Waals surface area contributed by atoms with Crippen molar-refractivity contribution in [1.82, 2.24) is 0 Å². The van der Waals surface area contributed by atoms with Gasteiger partial charge < -0.3 is 15.2 Å². The van der Waals surface area contributed by atoms with E-state index in [0.29, 0.717) is 34.3 Å². The Balaban J connectivity index is 2.27. The molecule has 0 spiro atoms. The summed E-state index contributed by atoms with van der Waals surface area (Å²) in [6.07, 6.45) is 2.75. The zero-order valence-corrected chi connectivity index (χ0v) is 13.8. The Morgan fingerprint density at radius 2 is 2.04 bits per heavy atom.